The van der Waals surface area contributed by atoms with Crippen LogP contribution >= 0.6 is 0 Å². The summed E-state index contributed by atoms with van der Waals surface area (Å²) in [6.45, 7) is 6.18. The summed E-state index contributed by atoms with van der Waals surface area (Å²) in [5, 5.41) is 0. The number of ether oxygens (including phenoxy) is 8. The third kappa shape index (κ3) is 9.10. The van der Waals surface area contributed by atoms with Crippen LogP contribution in [0, 0.1) is 5.92 Å². The minimum absolute atomic E-state index is 0.305. The quantitative estimate of drug-likeness (QED) is 0.217. The van der Waals surface area contributed by atoms with Crippen LogP contribution in [0.2, 0.25) is 0 Å². The van der Waals surface area contributed by atoms with Gasteiger partial charge in [0.1, 0.15) is 31.5 Å². The van der Waals surface area contributed by atoms with Crippen molar-refractivity contribution in [3.8, 4) is 0 Å². The van der Waals surface area contributed by atoms with Gasteiger partial charge in [0.2, 0.25) is 6.29 Å². The first kappa shape index (κ1) is 30.7. The summed E-state index contributed by atoms with van der Waals surface area (Å²) >= 11 is 0. The Morgan fingerprint density at radius 2 is 1.08 bits per heavy atom. The van der Waals surface area contributed by atoms with Crippen molar-refractivity contribution >= 4 is 35.8 Å². The van der Waals surface area contributed by atoms with Crippen molar-refractivity contribution in [3.05, 3.63) is 12.2 Å². The average Bonchev–Trinajstić information content (AvgIpc) is 2.77. The summed E-state index contributed by atoms with van der Waals surface area (Å²) in [5.41, 5.74) is 0. The Labute approximate surface area is 218 Å². The Balaban J connectivity index is 2.53. The van der Waals surface area contributed by atoms with E-state index in [0.717, 1.165) is 27.7 Å². The Kier molecular flexibility index (Phi) is 11.2. The highest BCUT2D eigenvalue weighted by molar-refractivity contribution is 5.68. The van der Waals surface area contributed by atoms with Gasteiger partial charge in [-0.3, -0.25) is 28.8 Å². The molecule has 2 aliphatic heterocycles. The second-order valence-electron chi connectivity index (χ2n) is 8.58. The molecule has 1 saturated heterocycles. The van der Waals surface area contributed by atoms with Gasteiger partial charge < -0.3 is 37.9 Å². The Morgan fingerprint density at radius 1 is 0.579 bits per heavy atom. The topological polar surface area (TPSA) is 176 Å². The van der Waals surface area contributed by atoms with Crippen LogP contribution in [0.3, 0.4) is 0 Å². The van der Waals surface area contributed by atoms with E-state index < -0.39 is 91.3 Å². The highest BCUT2D eigenvalue weighted by Gasteiger charge is 2.55. The fourth-order valence-corrected chi connectivity index (χ4v) is 4.07. The molecule has 0 amide bonds. The summed E-state index contributed by atoms with van der Waals surface area (Å²) in [6, 6.07) is 0. The molecule has 212 valence electrons. The maximum Gasteiger partial charge on any atom is 0.304 e. The zero-order valence-electron chi connectivity index (χ0n) is 21.9. The Morgan fingerprint density at radius 3 is 1.58 bits per heavy atom. The molecule has 1 fully saturated rings. The smallest absolute Gasteiger partial charge is 0.304 e. The predicted octanol–water partition coefficient (Wildman–Crippen LogP) is 0.136. The molecule has 14 nitrogen and oxygen atoms in total. The lowest BCUT2D eigenvalue weighted by Gasteiger charge is -2.47. The molecule has 8 atom stereocenters. The van der Waals surface area contributed by atoms with Crippen molar-refractivity contribution in [3.63, 3.8) is 0 Å². The highest BCUT2D eigenvalue weighted by atomic mass is 16.7. The molecule has 0 radical (unpaired) electrons. The van der Waals surface area contributed by atoms with Gasteiger partial charge in [0.15, 0.2) is 12.2 Å². The van der Waals surface area contributed by atoms with E-state index >= 15 is 0 Å². The van der Waals surface area contributed by atoms with Gasteiger partial charge in [-0.25, -0.2) is 0 Å². The second kappa shape index (κ2) is 13.9. The Bertz CT molecular complexity index is 942. The number of hydrogen-bond acceptors (Lipinski definition) is 14. The van der Waals surface area contributed by atoms with Crippen LogP contribution < -0.4 is 0 Å². The zero-order chi connectivity index (χ0) is 28.6. The summed E-state index contributed by atoms with van der Waals surface area (Å²) in [4.78, 5) is 70.5. The molecular formula is C24H32O14. The summed E-state index contributed by atoms with van der Waals surface area (Å²) < 4.78 is 43.6. The van der Waals surface area contributed by atoms with Crippen molar-refractivity contribution in [2.75, 3.05) is 13.2 Å². The SMILES string of the molecule is CC(=O)OC[C@H]1O[C@H](OC(C)=O)[C@H]([C@@H]2C=C[C@@H](OC(C)=O)[C@@H](COC(C)=O)O2)[C@@H](OC(C)=O)[C@H]1OC(C)=O. The fraction of sp³-hybridized carbons (Fsp3) is 0.667. The molecule has 2 heterocycles. The maximum absolute atomic E-state index is 12.1. The van der Waals surface area contributed by atoms with E-state index in [2.05, 4.69) is 0 Å². The molecule has 0 N–H and O–H groups in total. The molecule has 0 bridgehead atoms. The minimum atomic E-state index is -1.43. The zero-order valence-corrected chi connectivity index (χ0v) is 21.9. The van der Waals surface area contributed by atoms with Gasteiger partial charge >= 0.3 is 35.8 Å². The molecule has 0 spiro atoms. The first-order valence-electron chi connectivity index (χ1n) is 11.7. The van der Waals surface area contributed by atoms with E-state index in [1.165, 1.54) is 26.0 Å². The van der Waals surface area contributed by atoms with E-state index in [0.29, 0.717) is 0 Å². The van der Waals surface area contributed by atoms with Crippen LogP contribution in [0.25, 0.3) is 0 Å². The molecule has 38 heavy (non-hydrogen) atoms. The van der Waals surface area contributed by atoms with Crippen molar-refractivity contribution in [2.24, 2.45) is 5.92 Å². The number of rotatable bonds is 9. The van der Waals surface area contributed by atoms with E-state index in [9.17, 15) is 28.8 Å². The molecule has 2 rings (SSSR count). The minimum Gasteiger partial charge on any atom is -0.463 e. The molecule has 0 unspecified atom stereocenters. The summed E-state index contributed by atoms with van der Waals surface area (Å²) in [5.74, 6) is -5.29. The maximum atomic E-state index is 12.1. The predicted molar refractivity (Wildman–Crippen MR) is 122 cm³/mol. The summed E-state index contributed by atoms with van der Waals surface area (Å²) in [6.07, 6.45) is -5.28. The first-order chi connectivity index (χ1) is 17.8. The standard InChI is InChI=1S/C24H32O14/c1-11(25)31-9-19-17(33-13(3)27)7-8-18(37-19)21-23(35-15(5)29)22(34-14(4)28)20(10-32-12(2)26)38-24(21)36-16(6)30/h7-8,17-24H,9-10H2,1-6H3/t17-,18+,19-,20-,21-,22+,23-,24+/m1/s1. The van der Waals surface area contributed by atoms with Crippen LogP contribution in [0.1, 0.15) is 41.5 Å². The number of carbonyl (C=O) groups excluding carboxylic acids is 6. The number of esters is 6. The second-order valence-corrected chi connectivity index (χ2v) is 8.58. The molecule has 0 saturated carbocycles. The normalized spacial score (nSPS) is 30.4. The molecule has 14 heteroatoms. The van der Waals surface area contributed by atoms with E-state index in [4.69, 9.17) is 37.9 Å². The average molecular weight is 545 g/mol. The molecule has 0 aliphatic carbocycles. The van der Waals surface area contributed by atoms with Crippen molar-refractivity contribution in [2.45, 2.75) is 84.5 Å². The van der Waals surface area contributed by atoms with Gasteiger partial charge in [-0.15, -0.1) is 0 Å². The molecular weight excluding hydrogens is 512 g/mol. The third-order valence-electron chi connectivity index (χ3n) is 5.35. The lowest BCUT2D eigenvalue weighted by Crippen LogP contribution is -2.63. The molecule has 0 aromatic rings. The van der Waals surface area contributed by atoms with E-state index in [1.807, 2.05) is 0 Å². The number of hydrogen-bond donors (Lipinski definition) is 0. The van der Waals surface area contributed by atoms with Gasteiger partial charge in [-0.2, -0.15) is 0 Å². The lowest BCUT2D eigenvalue weighted by atomic mass is 9.84. The molecule has 0 aromatic carbocycles. The number of carbonyl (C=O) groups is 6. The monoisotopic (exact) mass is 544 g/mol. The van der Waals surface area contributed by atoms with Crippen LogP contribution in [-0.2, 0) is 66.7 Å². The van der Waals surface area contributed by atoms with Crippen molar-refractivity contribution < 1.29 is 66.7 Å². The third-order valence-corrected chi connectivity index (χ3v) is 5.35. The van der Waals surface area contributed by atoms with Gasteiger partial charge in [-0.1, -0.05) is 6.08 Å². The van der Waals surface area contributed by atoms with Crippen LogP contribution in [0.4, 0.5) is 0 Å². The van der Waals surface area contributed by atoms with E-state index in [-0.39, 0.29) is 6.61 Å². The van der Waals surface area contributed by atoms with Crippen molar-refractivity contribution in [1.29, 1.82) is 0 Å². The van der Waals surface area contributed by atoms with Gasteiger partial charge in [0, 0.05) is 41.5 Å². The van der Waals surface area contributed by atoms with Crippen LogP contribution in [0.15, 0.2) is 12.2 Å². The lowest BCUT2D eigenvalue weighted by molar-refractivity contribution is -0.299. The van der Waals surface area contributed by atoms with Gasteiger partial charge in [0.25, 0.3) is 0 Å². The molecule has 0 aromatic heterocycles. The Hall–Kier alpha value is -3.52. The van der Waals surface area contributed by atoms with E-state index in [1.54, 1.807) is 0 Å². The van der Waals surface area contributed by atoms with Crippen LogP contribution in [-0.4, -0.2) is 91.9 Å². The fourth-order valence-electron chi connectivity index (χ4n) is 4.07. The molecule has 2 aliphatic rings. The first-order valence-corrected chi connectivity index (χ1v) is 11.7. The highest BCUT2D eigenvalue weighted by Crippen LogP contribution is 2.37. The van der Waals surface area contributed by atoms with Gasteiger partial charge in [-0.05, 0) is 6.08 Å². The largest absolute Gasteiger partial charge is 0.463 e. The van der Waals surface area contributed by atoms with Crippen molar-refractivity contribution in [1.82, 2.24) is 0 Å². The van der Waals surface area contributed by atoms with Gasteiger partial charge in [0.05, 0.1) is 12.0 Å². The summed E-state index contributed by atoms with van der Waals surface area (Å²) in [7, 11) is 0. The van der Waals surface area contributed by atoms with Crippen LogP contribution in [0.5, 0.6) is 0 Å².